The van der Waals surface area contributed by atoms with E-state index in [4.69, 9.17) is 5.73 Å². The van der Waals surface area contributed by atoms with E-state index in [-0.39, 0.29) is 22.9 Å². The number of hydrogen-bond donors (Lipinski definition) is 1. The zero-order chi connectivity index (χ0) is 14.4. The molecule has 1 aromatic carbocycles. The maximum absolute atomic E-state index is 12.3. The molecule has 104 valence electrons. The van der Waals surface area contributed by atoms with E-state index in [1.165, 1.54) is 5.56 Å². The highest BCUT2D eigenvalue weighted by Gasteiger charge is 2.46. The summed E-state index contributed by atoms with van der Waals surface area (Å²) in [5, 5.41) is 0. The lowest BCUT2D eigenvalue weighted by molar-refractivity contribution is -0.117. The van der Waals surface area contributed by atoms with Crippen molar-refractivity contribution < 1.29 is 4.79 Å². The van der Waals surface area contributed by atoms with Gasteiger partial charge in [-0.2, -0.15) is 0 Å². The van der Waals surface area contributed by atoms with Gasteiger partial charge in [0, 0.05) is 18.2 Å². The Kier molecular flexibility index (Phi) is 3.21. The third kappa shape index (κ3) is 2.27. The van der Waals surface area contributed by atoms with Crippen LogP contribution in [0.5, 0.6) is 0 Å². The molecule has 0 aliphatic carbocycles. The van der Waals surface area contributed by atoms with Crippen LogP contribution in [0.4, 0.5) is 5.69 Å². The molecule has 0 aromatic heterocycles. The molecule has 0 radical (unpaired) electrons. The highest BCUT2D eigenvalue weighted by molar-refractivity contribution is 5.99. The second-order valence-electron chi connectivity index (χ2n) is 6.96. The van der Waals surface area contributed by atoms with Crippen LogP contribution in [0.25, 0.3) is 0 Å². The van der Waals surface area contributed by atoms with Crippen molar-refractivity contribution >= 4 is 11.6 Å². The van der Waals surface area contributed by atoms with Gasteiger partial charge in [-0.1, -0.05) is 39.0 Å². The number of nitrogens with zero attached hydrogens (tertiary/aromatic N) is 1. The van der Waals surface area contributed by atoms with Crippen molar-refractivity contribution in [2.75, 3.05) is 4.90 Å². The quantitative estimate of drug-likeness (QED) is 0.844. The van der Waals surface area contributed by atoms with Crippen LogP contribution in [-0.4, -0.2) is 17.5 Å². The lowest BCUT2D eigenvalue weighted by atomic mass is 9.84. The molecule has 1 amide bonds. The van der Waals surface area contributed by atoms with E-state index in [1.807, 2.05) is 36.9 Å². The SMILES string of the molecule is CC(C)(C)c1ccccc1N1C(=O)CC(N)C1(C)C. The number of carbonyl (C=O) groups excluding carboxylic acids is 1. The summed E-state index contributed by atoms with van der Waals surface area (Å²) in [4.78, 5) is 14.2. The number of hydrogen-bond acceptors (Lipinski definition) is 2. The maximum atomic E-state index is 12.3. The summed E-state index contributed by atoms with van der Waals surface area (Å²) < 4.78 is 0. The summed E-state index contributed by atoms with van der Waals surface area (Å²) in [5.41, 5.74) is 7.98. The van der Waals surface area contributed by atoms with Gasteiger partial charge in [-0.25, -0.2) is 0 Å². The van der Waals surface area contributed by atoms with E-state index in [1.54, 1.807) is 0 Å². The Morgan fingerprint density at radius 1 is 1.26 bits per heavy atom. The lowest BCUT2D eigenvalue weighted by Gasteiger charge is -2.37. The largest absolute Gasteiger partial charge is 0.325 e. The molecular formula is C16H24N2O. The van der Waals surface area contributed by atoms with E-state index in [0.29, 0.717) is 6.42 Å². The van der Waals surface area contributed by atoms with E-state index in [9.17, 15) is 4.79 Å². The van der Waals surface area contributed by atoms with Crippen molar-refractivity contribution in [2.45, 2.75) is 58.0 Å². The van der Waals surface area contributed by atoms with E-state index < -0.39 is 0 Å². The van der Waals surface area contributed by atoms with Crippen LogP contribution in [0, 0.1) is 0 Å². The minimum Gasteiger partial charge on any atom is -0.325 e. The topological polar surface area (TPSA) is 46.3 Å². The Morgan fingerprint density at radius 2 is 1.84 bits per heavy atom. The molecule has 1 aromatic rings. The predicted molar refractivity (Wildman–Crippen MR) is 79.3 cm³/mol. The van der Waals surface area contributed by atoms with Crippen molar-refractivity contribution in [3.63, 3.8) is 0 Å². The molecule has 3 nitrogen and oxygen atoms in total. The summed E-state index contributed by atoms with van der Waals surface area (Å²) in [6.07, 6.45) is 0.422. The molecule has 2 N–H and O–H groups in total. The van der Waals surface area contributed by atoms with Crippen LogP contribution in [0.2, 0.25) is 0 Å². The molecule has 1 saturated heterocycles. The Labute approximate surface area is 115 Å². The van der Waals surface area contributed by atoms with Crippen LogP contribution in [0.1, 0.15) is 46.6 Å². The zero-order valence-corrected chi connectivity index (χ0v) is 12.5. The van der Waals surface area contributed by atoms with Gasteiger partial charge in [-0.3, -0.25) is 4.79 Å². The highest BCUT2D eigenvalue weighted by atomic mass is 16.2. The third-order valence-electron chi connectivity index (χ3n) is 4.08. The lowest BCUT2D eigenvalue weighted by Crippen LogP contribution is -2.50. The number of para-hydroxylation sites is 1. The standard InChI is InChI=1S/C16H24N2O/c1-15(2,3)11-8-6-7-9-12(11)18-14(19)10-13(17)16(18,4)5/h6-9,13H,10,17H2,1-5H3. The van der Waals surface area contributed by atoms with Gasteiger partial charge in [0.2, 0.25) is 5.91 Å². The first-order valence-corrected chi connectivity index (χ1v) is 6.84. The zero-order valence-electron chi connectivity index (χ0n) is 12.5. The molecule has 3 heteroatoms. The van der Waals surface area contributed by atoms with Crippen LogP contribution in [0.15, 0.2) is 24.3 Å². The van der Waals surface area contributed by atoms with E-state index in [2.05, 4.69) is 26.8 Å². The van der Waals surface area contributed by atoms with Gasteiger partial charge < -0.3 is 10.6 Å². The van der Waals surface area contributed by atoms with Gasteiger partial charge in [0.25, 0.3) is 0 Å². The fourth-order valence-corrected chi connectivity index (χ4v) is 2.76. The van der Waals surface area contributed by atoms with Crippen LogP contribution < -0.4 is 10.6 Å². The average molecular weight is 260 g/mol. The molecule has 1 atom stereocenters. The number of anilines is 1. The van der Waals surface area contributed by atoms with Crippen LogP contribution in [-0.2, 0) is 10.2 Å². The Bertz CT molecular complexity index is 500. The first kappa shape index (κ1) is 14.1. The first-order valence-electron chi connectivity index (χ1n) is 6.84. The molecule has 0 spiro atoms. The van der Waals surface area contributed by atoms with Gasteiger partial charge in [0.05, 0.1) is 5.54 Å². The van der Waals surface area contributed by atoms with Crippen LogP contribution in [0.3, 0.4) is 0 Å². The monoisotopic (exact) mass is 260 g/mol. The summed E-state index contributed by atoms with van der Waals surface area (Å²) in [7, 11) is 0. The number of nitrogens with two attached hydrogens (primary N) is 1. The summed E-state index contributed by atoms with van der Waals surface area (Å²) in [6.45, 7) is 10.6. The number of amides is 1. The fraction of sp³-hybridized carbons (Fsp3) is 0.562. The number of carbonyl (C=O) groups is 1. The van der Waals surface area contributed by atoms with Crippen molar-refractivity contribution in [2.24, 2.45) is 5.73 Å². The van der Waals surface area contributed by atoms with Gasteiger partial charge in [-0.15, -0.1) is 0 Å². The highest BCUT2D eigenvalue weighted by Crippen LogP contribution is 2.39. The van der Waals surface area contributed by atoms with Crippen LogP contribution >= 0.6 is 0 Å². The summed E-state index contributed by atoms with van der Waals surface area (Å²) >= 11 is 0. The summed E-state index contributed by atoms with van der Waals surface area (Å²) in [5.74, 6) is 0.120. The maximum Gasteiger partial charge on any atom is 0.229 e. The smallest absolute Gasteiger partial charge is 0.229 e. The summed E-state index contributed by atoms with van der Waals surface area (Å²) in [6, 6.07) is 8.02. The average Bonchev–Trinajstić information content (AvgIpc) is 2.47. The van der Waals surface area contributed by atoms with Gasteiger partial charge in [0.1, 0.15) is 0 Å². The molecule has 1 aliphatic rings. The Morgan fingerprint density at radius 3 is 2.32 bits per heavy atom. The third-order valence-corrected chi connectivity index (χ3v) is 4.08. The van der Waals surface area contributed by atoms with Crippen molar-refractivity contribution in [3.05, 3.63) is 29.8 Å². The Hall–Kier alpha value is -1.35. The van der Waals surface area contributed by atoms with Crippen molar-refractivity contribution in [1.29, 1.82) is 0 Å². The molecule has 1 aliphatic heterocycles. The minimum absolute atomic E-state index is 0.000359. The Balaban J connectivity index is 2.57. The molecule has 2 rings (SSSR count). The molecule has 1 fully saturated rings. The predicted octanol–water partition coefficient (Wildman–Crippen LogP) is 2.83. The second-order valence-corrected chi connectivity index (χ2v) is 6.96. The van der Waals surface area contributed by atoms with E-state index >= 15 is 0 Å². The molecule has 1 heterocycles. The minimum atomic E-state index is -0.335. The second kappa shape index (κ2) is 4.34. The van der Waals surface area contributed by atoms with E-state index in [0.717, 1.165) is 5.69 Å². The molecule has 0 bridgehead atoms. The van der Waals surface area contributed by atoms with Crippen molar-refractivity contribution in [3.8, 4) is 0 Å². The fourth-order valence-electron chi connectivity index (χ4n) is 2.76. The van der Waals surface area contributed by atoms with Gasteiger partial charge >= 0.3 is 0 Å². The molecule has 0 saturated carbocycles. The number of rotatable bonds is 1. The van der Waals surface area contributed by atoms with Gasteiger partial charge in [0.15, 0.2) is 0 Å². The van der Waals surface area contributed by atoms with Crippen molar-refractivity contribution in [1.82, 2.24) is 0 Å². The molecular weight excluding hydrogens is 236 g/mol. The first-order chi connectivity index (χ1) is 8.65. The molecule has 19 heavy (non-hydrogen) atoms. The number of benzene rings is 1. The molecule has 1 unspecified atom stereocenters. The normalized spacial score (nSPS) is 22.9. The van der Waals surface area contributed by atoms with Gasteiger partial charge in [-0.05, 0) is 30.9 Å².